The Bertz CT molecular complexity index is 107. The molecule has 0 saturated carbocycles. The van der Waals surface area contributed by atoms with Crippen molar-refractivity contribution in [2.24, 2.45) is 0 Å². The summed E-state index contributed by atoms with van der Waals surface area (Å²) in [7, 11) is -2.13. The van der Waals surface area contributed by atoms with Gasteiger partial charge in [0.1, 0.15) is 0 Å². The van der Waals surface area contributed by atoms with Crippen LogP contribution < -0.4 is 0 Å². The van der Waals surface area contributed by atoms with Crippen LogP contribution in [0.25, 0.3) is 0 Å². The summed E-state index contributed by atoms with van der Waals surface area (Å²) in [6.07, 6.45) is 0. The maximum atomic E-state index is 10.9. The SMILES string of the molecule is [CH3][In]([CH3])[O]P(C)(C)=O. The Kier molecular flexibility index (Phi) is 3.72. The van der Waals surface area contributed by atoms with Gasteiger partial charge in [0.15, 0.2) is 0 Å². The van der Waals surface area contributed by atoms with Crippen molar-refractivity contribution in [1.82, 2.24) is 0 Å². The van der Waals surface area contributed by atoms with Crippen molar-refractivity contribution in [1.29, 1.82) is 0 Å². The fourth-order valence-electron chi connectivity index (χ4n) is 0.508. The minimum absolute atomic E-state index is 1.64. The van der Waals surface area contributed by atoms with Crippen molar-refractivity contribution in [3.63, 3.8) is 0 Å². The van der Waals surface area contributed by atoms with E-state index in [0.29, 0.717) is 0 Å². The van der Waals surface area contributed by atoms with Gasteiger partial charge in [-0.1, -0.05) is 0 Å². The summed E-state index contributed by atoms with van der Waals surface area (Å²) in [5, 5.41) is 0. The first-order chi connectivity index (χ1) is 3.42. The van der Waals surface area contributed by atoms with Crippen LogP contribution in [0.1, 0.15) is 0 Å². The van der Waals surface area contributed by atoms with E-state index in [1.165, 1.54) is 0 Å². The Morgan fingerprint density at radius 3 is 1.75 bits per heavy atom. The van der Waals surface area contributed by atoms with E-state index in [1.807, 2.05) is 0 Å². The normalized spacial score (nSPS) is 11.5. The number of hydrogen-bond acceptors (Lipinski definition) is 2. The molecule has 0 aliphatic heterocycles. The van der Waals surface area contributed by atoms with Crippen molar-refractivity contribution in [3.8, 4) is 0 Å². The fourth-order valence-corrected chi connectivity index (χ4v) is 10.2. The minimum atomic E-state index is -2.13. The molecule has 0 aromatic heterocycles. The second-order valence-corrected chi connectivity index (χ2v) is 12.9. The molecule has 0 N–H and O–H groups in total. The molecule has 0 aliphatic rings. The van der Waals surface area contributed by atoms with E-state index >= 15 is 0 Å². The molecular weight excluding hydrogens is 226 g/mol. The third kappa shape index (κ3) is 7.06. The monoisotopic (exact) mass is 238 g/mol. The molecule has 0 radical (unpaired) electrons. The van der Waals surface area contributed by atoms with E-state index in [2.05, 4.69) is 9.36 Å². The van der Waals surface area contributed by atoms with E-state index in [4.69, 9.17) is 2.64 Å². The van der Waals surface area contributed by atoms with Gasteiger partial charge >= 0.3 is 59.1 Å². The molecule has 0 heterocycles. The van der Waals surface area contributed by atoms with Crippen LogP contribution in [0.2, 0.25) is 9.36 Å². The number of rotatable bonds is 2. The van der Waals surface area contributed by atoms with Crippen LogP contribution in [0, 0.1) is 0 Å². The van der Waals surface area contributed by atoms with E-state index in [0.717, 1.165) is 0 Å². The second-order valence-electron chi connectivity index (χ2n) is 2.41. The van der Waals surface area contributed by atoms with Gasteiger partial charge in [-0.25, -0.2) is 0 Å². The predicted octanol–water partition coefficient (Wildman–Crippen LogP) is 1.79. The zero-order valence-electron chi connectivity index (χ0n) is 5.84. The Morgan fingerprint density at radius 1 is 1.38 bits per heavy atom. The predicted molar refractivity (Wildman–Crippen MR) is 38.0 cm³/mol. The van der Waals surface area contributed by atoms with Gasteiger partial charge in [0.2, 0.25) is 0 Å². The molecule has 0 bridgehead atoms. The van der Waals surface area contributed by atoms with Crippen molar-refractivity contribution in [2.75, 3.05) is 13.3 Å². The van der Waals surface area contributed by atoms with Crippen molar-refractivity contribution >= 4 is 29.2 Å². The quantitative estimate of drug-likeness (QED) is 0.685. The van der Waals surface area contributed by atoms with Crippen LogP contribution in [0.4, 0.5) is 0 Å². The van der Waals surface area contributed by atoms with E-state index in [-0.39, 0.29) is 0 Å². The van der Waals surface area contributed by atoms with Gasteiger partial charge in [0.25, 0.3) is 0 Å². The molecule has 0 unspecified atom stereocenters. The van der Waals surface area contributed by atoms with Crippen LogP contribution in [0.15, 0.2) is 0 Å². The molecule has 4 heteroatoms. The summed E-state index contributed by atoms with van der Waals surface area (Å²) in [5.41, 5.74) is 0. The first-order valence-electron chi connectivity index (χ1n) is 2.65. The fraction of sp³-hybridized carbons (Fsp3) is 1.00. The Morgan fingerprint density at radius 2 is 1.75 bits per heavy atom. The summed E-state index contributed by atoms with van der Waals surface area (Å²) in [4.78, 5) is 0. The first-order valence-corrected chi connectivity index (χ1v) is 13.1. The van der Waals surface area contributed by atoms with Crippen molar-refractivity contribution in [3.05, 3.63) is 0 Å². The maximum absolute atomic E-state index is 10.9. The summed E-state index contributed by atoms with van der Waals surface area (Å²) in [6.45, 7) is 3.34. The van der Waals surface area contributed by atoms with Crippen LogP contribution >= 0.6 is 7.37 Å². The molecule has 0 amide bonds. The molecule has 2 nitrogen and oxygen atoms in total. The van der Waals surface area contributed by atoms with Crippen LogP contribution in [-0.2, 0) is 7.21 Å². The summed E-state index contributed by atoms with van der Waals surface area (Å²) in [6, 6.07) is 0. The molecular formula is C4H12InO2P. The third-order valence-electron chi connectivity index (χ3n) is 0.465. The molecule has 8 heavy (non-hydrogen) atoms. The Hall–Kier alpha value is 1.06. The molecule has 0 aliphatic carbocycles. The summed E-state index contributed by atoms with van der Waals surface area (Å²) >= 11 is -1.64. The van der Waals surface area contributed by atoms with E-state index in [9.17, 15) is 4.57 Å². The summed E-state index contributed by atoms with van der Waals surface area (Å²) in [5.74, 6) is 0. The van der Waals surface area contributed by atoms with Gasteiger partial charge in [0.05, 0.1) is 0 Å². The second kappa shape index (κ2) is 3.28. The zero-order valence-corrected chi connectivity index (χ0v) is 10.0. The van der Waals surface area contributed by atoms with Gasteiger partial charge in [-0.3, -0.25) is 0 Å². The van der Waals surface area contributed by atoms with Gasteiger partial charge in [-0.15, -0.1) is 0 Å². The van der Waals surface area contributed by atoms with Gasteiger partial charge in [-0.05, 0) is 0 Å². The average Bonchev–Trinajstić information content (AvgIpc) is 1.21. The Balaban J connectivity index is 3.56. The van der Waals surface area contributed by atoms with Gasteiger partial charge in [-0.2, -0.15) is 0 Å². The van der Waals surface area contributed by atoms with Crippen LogP contribution in [0.5, 0.6) is 0 Å². The standard InChI is InChI=1S/C2H7O2P.2CH3.In/c1-5(2,3)4;;;/h1-2H3,(H,3,4);2*1H3;/q;;;+1/p-1. The topological polar surface area (TPSA) is 26.3 Å². The third-order valence-corrected chi connectivity index (χ3v) is 9.35. The van der Waals surface area contributed by atoms with Crippen molar-refractivity contribution < 1.29 is 7.21 Å². The van der Waals surface area contributed by atoms with E-state index < -0.39 is 29.2 Å². The molecule has 0 atom stereocenters. The van der Waals surface area contributed by atoms with Gasteiger partial charge in [0, 0.05) is 0 Å². The summed E-state index contributed by atoms with van der Waals surface area (Å²) < 4.78 is 20.2. The zero-order chi connectivity index (χ0) is 6.78. The molecule has 0 fully saturated rings. The molecule has 0 saturated heterocycles. The van der Waals surface area contributed by atoms with Gasteiger partial charge < -0.3 is 0 Å². The van der Waals surface area contributed by atoms with E-state index in [1.54, 1.807) is 13.3 Å². The molecule has 0 aromatic carbocycles. The first kappa shape index (κ1) is 9.06. The molecule has 0 spiro atoms. The average molecular weight is 238 g/mol. The molecule has 48 valence electrons. The molecule has 0 aromatic rings. The van der Waals surface area contributed by atoms with Crippen LogP contribution in [-0.4, -0.2) is 35.2 Å². The number of hydrogen-bond donors (Lipinski definition) is 0. The van der Waals surface area contributed by atoms with Crippen molar-refractivity contribution in [2.45, 2.75) is 9.36 Å². The molecule has 0 rings (SSSR count). The van der Waals surface area contributed by atoms with Crippen LogP contribution in [0.3, 0.4) is 0 Å². The Labute approximate surface area is 59.2 Å².